The second-order valence-corrected chi connectivity index (χ2v) is 25.2. The molecule has 4 aliphatic heterocycles. The van der Waals surface area contributed by atoms with E-state index in [1.165, 1.54) is 54.5 Å². The first-order valence-corrected chi connectivity index (χ1v) is 35.8. The lowest BCUT2D eigenvalue weighted by molar-refractivity contribution is 0.394. The highest BCUT2D eigenvalue weighted by Gasteiger charge is 2.08. The van der Waals surface area contributed by atoms with E-state index in [1.54, 1.807) is 56.0 Å². The fraction of sp³-hybridized carbons (Fsp3) is 0.333. The highest BCUT2D eigenvalue weighted by atomic mass is 15.4. The third-order valence-corrected chi connectivity index (χ3v) is 15.0. The molecule has 6 aromatic carbocycles. The number of nitrogens with one attached hydrogen (secondary N) is 8. The summed E-state index contributed by atoms with van der Waals surface area (Å²) in [5.74, 6) is 4.03. The standard InChI is InChI=1S/C17H31N3.C15H21N5.C14H18N8.C11H15N7.C10H16N6.C8H12N6/c1-19(2)13-6-5-7-16-8-10-17(11-9-16)15-18-12-14-20(3)4;1-2-14(16-7-1)19-10-12-3-5-13(6-4-12)11-20-15-17-8-9-18-15;1-2-12(10-20-22-14-17-7-8-18-14)4-3-11(1)9-19-21-13-15-5-6-16-13;1-8(12)17-15-6-9-2-4-10(5-3-9)7-16-18-11(13)14;11-9(12)15-5-7-1-2-8(4-3-7)6-16-10(13)14;9-7(10)13-5-1-2-6(4-3-5)14-8(11)12/h8-11,18H,5-7,12-15H2,1-4H3;3-6H,1-2,7-11H2,(H,16,19)(H2,17,18,20);1-4,9-10H,5-8H2,(H2,15,16,21)(H2,17,18,22);2-7H,1H3,(H2,12,17)(H4,13,14,18);1-4H,5-6H2,(H4,11,12,15)(H4,13,14,16);1-4H,(H4,9,10,13)(H4,11,12,14)/b;;19-9+,20-10+;15-6+,16-7+;;. The van der Waals surface area contributed by atoms with Crippen LogP contribution in [0.5, 0.6) is 0 Å². The van der Waals surface area contributed by atoms with Gasteiger partial charge in [0.25, 0.3) is 0 Å². The molecule has 0 aliphatic carbocycles. The molecule has 0 radical (unpaired) electrons. The van der Waals surface area contributed by atoms with Crippen molar-refractivity contribution in [3.05, 3.63) is 201 Å². The van der Waals surface area contributed by atoms with Gasteiger partial charge in [-0.25, -0.2) is 40.8 Å². The molecular formula is C75H113N35. The third kappa shape index (κ3) is 42.2. The van der Waals surface area contributed by atoms with Gasteiger partial charge in [-0.05, 0) is 147 Å². The van der Waals surface area contributed by atoms with Crippen molar-refractivity contribution in [1.29, 1.82) is 0 Å². The molecule has 4 heterocycles. The van der Waals surface area contributed by atoms with Crippen molar-refractivity contribution in [2.24, 2.45) is 134 Å². The maximum absolute atomic E-state index is 5.35. The van der Waals surface area contributed by atoms with Crippen molar-refractivity contribution in [2.45, 2.75) is 71.8 Å². The Morgan fingerprint density at radius 2 is 0.827 bits per heavy atom. The number of hydrogen-bond acceptors (Lipinski definition) is 24. The zero-order valence-electron chi connectivity index (χ0n) is 63.8. The van der Waals surface area contributed by atoms with Crippen molar-refractivity contribution in [3.8, 4) is 0 Å². The molecule has 588 valence electrons. The van der Waals surface area contributed by atoms with Crippen molar-refractivity contribution < 1.29 is 0 Å². The molecule has 0 saturated heterocycles. The van der Waals surface area contributed by atoms with Crippen LogP contribution in [0.4, 0.5) is 11.4 Å². The van der Waals surface area contributed by atoms with Gasteiger partial charge in [0, 0.05) is 65.3 Å². The highest BCUT2D eigenvalue weighted by Crippen LogP contribution is 2.18. The summed E-state index contributed by atoms with van der Waals surface area (Å²) in [5.41, 5.74) is 75.6. The number of rotatable bonds is 28. The van der Waals surface area contributed by atoms with Crippen LogP contribution in [-0.2, 0) is 39.1 Å². The molecule has 0 amide bonds. The number of hydrogen-bond donors (Lipinski definition) is 19. The second kappa shape index (κ2) is 52.0. The summed E-state index contributed by atoms with van der Waals surface area (Å²) in [7, 11) is 8.48. The minimum Gasteiger partial charge on any atom is -0.386 e. The summed E-state index contributed by atoms with van der Waals surface area (Å²) in [5, 5.41) is 42.5. The lowest BCUT2D eigenvalue weighted by atomic mass is 10.1. The smallest absolute Gasteiger partial charge is 0.212 e. The molecule has 35 heteroatoms. The number of aryl methyl sites for hydroxylation is 1. The van der Waals surface area contributed by atoms with Crippen molar-refractivity contribution in [3.63, 3.8) is 0 Å². The van der Waals surface area contributed by atoms with Gasteiger partial charge in [0.05, 0.1) is 74.8 Å². The largest absolute Gasteiger partial charge is 0.386 e. The molecular weight excluding hydrogens is 1390 g/mol. The van der Waals surface area contributed by atoms with Gasteiger partial charge >= 0.3 is 0 Å². The van der Waals surface area contributed by atoms with Crippen LogP contribution in [0.25, 0.3) is 0 Å². The predicted octanol–water partition coefficient (Wildman–Crippen LogP) is 1.43. The topological polar surface area (TPSA) is 562 Å². The molecule has 110 heavy (non-hydrogen) atoms. The highest BCUT2D eigenvalue weighted by molar-refractivity contribution is 5.89. The molecule has 0 spiro atoms. The number of nitrogens with zero attached hydrogens (tertiary/aromatic N) is 16. The van der Waals surface area contributed by atoms with Gasteiger partial charge < -0.3 is 105 Å². The van der Waals surface area contributed by atoms with E-state index in [0.29, 0.717) is 30.3 Å². The van der Waals surface area contributed by atoms with E-state index < -0.39 is 0 Å². The van der Waals surface area contributed by atoms with E-state index in [-0.39, 0.29) is 29.8 Å². The molecule has 35 nitrogen and oxygen atoms in total. The van der Waals surface area contributed by atoms with Crippen LogP contribution in [0.3, 0.4) is 0 Å². The Hall–Kier alpha value is -13.0. The third-order valence-electron chi connectivity index (χ3n) is 15.0. The van der Waals surface area contributed by atoms with E-state index in [9.17, 15) is 0 Å². The molecule has 0 aromatic heterocycles. The molecule has 10 rings (SSSR count). The van der Waals surface area contributed by atoms with E-state index in [4.69, 9.17) is 63.1 Å². The maximum Gasteiger partial charge on any atom is 0.212 e. The van der Waals surface area contributed by atoms with Crippen LogP contribution < -0.4 is 106 Å². The lowest BCUT2D eigenvalue weighted by Gasteiger charge is -2.11. The van der Waals surface area contributed by atoms with E-state index >= 15 is 0 Å². The number of nitrogens with two attached hydrogens (primary N) is 11. The predicted molar refractivity (Wildman–Crippen MR) is 456 cm³/mol. The number of likely N-dealkylation sites (N-methyl/N-ethyl adjacent to an activating group) is 1. The average molecular weight is 1500 g/mol. The Bertz CT molecular complexity index is 3790. The van der Waals surface area contributed by atoms with Gasteiger partial charge in [0.15, 0.2) is 29.8 Å². The Kier molecular flexibility index (Phi) is 41.5. The lowest BCUT2D eigenvalue weighted by Crippen LogP contribution is -2.33. The Balaban J connectivity index is 0.000000238. The Labute approximate surface area is 645 Å². The summed E-state index contributed by atoms with van der Waals surface area (Å²) in [6.45, 7) is 14.7. The van der Waals surface area contributed by atoms with Crippen LogP contribution in [0.1, 0.15) is 88.2 Å². The van der Waals surface area contributed by atoms with E-state index in [1.807, 2.05) is 72.8 Å². The summed E-state index contributed by atoms with van der Waals surface area (Å²) < 4.78 is 0. The van der Waals surface area contributed by atoms with Crippen LogP contribution >= 0.6 is 0 Å². The molecule has 0 saturated carbocycles. The first-order chi connectivity index (χ1) is 53.1. The first-order valence-electron chi connectivity index (χ1n) is 35.8. The van der Waals surface area contributed by atoms with Crippen molar-refractivity contribution in [1.82, 2.24) is 52.6 Å². The number of guanidine groups is 8. The number of hydrazone groups is 2. The first kappa shape index (κ1) is 87.6. The summed E-state index contributed by atoms with van der Waals surface area (Å²) in [6, 6.07) is 47.6. The van der Waals surface area contributed by atoms with Gasteiger partial charge in [0.2, 0.25) is 17.9 Å². The Morgan fingerprint density at radius 3 is 1.22 bits per heavy atom. The van der Waals surface area contributed by atoms with Gasteiger partial charge in [-0.1, -0.05) is 121 Å². The minimum absolute atomic E-state index is 0.0135. The van der Waals surface area contributed by atoms with E-state index in [0.717, 1.165) is 142 Å². The molecule has 0 bridgehead atoms. The van der Waals surface area contributed by atoms with E-state index in [2.05, 4.69) is 200 Å². The van der Waals surface area contributed by atoms with Gasteiger partial charge in [-0.3, -0.25) is 9.98 Å². The van der Waals surface area contributed by atoms with Crippen LogP contribution in [-0.4, -0.2) is 188 Å². The number of aliphatic imine (C=N–C) groups is 8. The summed E-state index contributed by atoms with van der Waals surface area (Å²) in [4.78, 5) is 37.0. The number of benzene rings is 6. The van der Waals surface area contributed by atoms with Crippen LogP contribution in [0.15, 0.2) is 216 Å². The maximum atomic E-state index is 5.35. The fourth-order valence-electron chi connectivity index (χ4n) is 9.46. The minimum atomic E-state index is -0.0787. The molecule has 6 aromatic rings. The fourth-order valence-corrected chi connectivity index (χ4v) is 9.46. The van der Waals surface area contributed by atoms with Gasteiger partial charge in [-0.15, -0.1) is 10.2 Å². The van der Waals surface area contributed by atoms with Crippen LogP contribution in [0.2, 0.25) is 0 Å². The number of amidine groups is 2. The van der Waals surface area contributed by atoms with Crippen molar-refractivity contribution >= 4 is 95.6 Å². The zero-order valence-corrected chi connectivity index (χ0v) is 63.8. The molecule has 0 unspecified atom stereocenters. The summed E-state index contributed by atoms with van der Waals surface area (Å²) >= 11 is 0. The summed E-state index contributed by atoms with van der Waals surface area (Å²) in [6.07, 6.45) is 12.7. The Morgan fingerprint density at radius 1 is 0.418 bits per heavy atom. The zero-order chi connectivity index (χ0) is 79.4. The van der Waals surface area contributed by atoms with Gasteiger partial charge in [-0.2, -0.15) is 20.4 Å². The van der Waals surface area contributed by atoms with Crippen LogP contribution in [0, 0.1) is 0 Å². The second-order valence-electron chi connectivity index (χ2n) is 25.2. The van der Waals surface area contributed by atoms with Gasteiger partial charge in [0.1, 0.15) is 5.84 Å². The molecule has 4 aliphatic rings. The SMILES string of the molecule is C(=N\NC1=NCCN1)/c1ccc(/C=N/NC2=NCCN2)cc1.CC(N)=N/N=C/c1ccc(/C=N/N=C(N)N)cc1.CN(C)CCCCc1ccc(CNCCN(C)C)cc1.NC(N)=NCc1ccc(CN=C(N)N)cc1.NC(N)=Nc1ccc(N=C(N)N)cc1.c1cc(CNC2=NCCN2)ccc1CNC1=NCCC1. The normalized spacial score (nSPS) is 13.2. The quantitative estimate of drug-likeness (QED) is 0.0143. The monoisotopic (exact) mass is 1500 g/mol. The average Bonchev–Trinajstić information content (AvgIpc) is 1.33. The number of unbranched alkanes of at least 4 members (excludes halogenated alkanes) is 1. The van der Waals surface area contributed by atoms with Crippen molar-refractivity contribution in [2.75, 3.05) is 93.6 Å². The molecule has 0 atom stereocenters. The molecule has 0 fully saturated rings. The molecule has 30 N–H and O–H groups in total.